The van der Waals surface area contributed by atoms with Gasteiger partial charge in [0.1, 0.15) is 5.15 Å². The van der Waals surface area contributed by atoms with Crippen LogP contribution in [-0.2, 0) is 0 Å². The lowest BCUT2D eigenvalue weighted by atomic mass is 10.0. The molecule has 1 aliphatic rings. The molecule has 15 heavy (non-hydrogen) atoms. The van der Waals surface area contributed by atoms with Crippen LogP contribution in [0.2, 0.25) is 10.2 Å². The summed E-state index contributed by atoms with van der Waals surface area (Å²) in [7, 11) is 2.11. The van der Waals surface area contributed by atoms with Crippen LogP contribution in [-0.4, -0.2) is 30.0 Å². The Balaban J connectivity index is 2.26. The molecule has 2 heterocycles. The number of nitrogens with zero attached hydrogens (tertiary/aromatic N) is 2. The Kier molecular flexibility index (Phi) is 3.29. The zero-order chi connectivity index (χ0) is 10.8. The predicted molar refractivity (Wildman–Crippen MR) is 64.3 cm³/mol. The van der Waals surface area contributed by atoms with Crippen molar-refractivity contribution < 1.29 is 0 Å². The summed E-state index contributed by atoms with van der Waals surface area (Å²) >= 11 is 11.7. The lowest BCUT2D eigenvalue weighted by molar-refractivity contribution is 0.370. The molecule has 80 valence electrons. The molecule has 0 radical (unpaired) electrons. The highest BCUT2D eigenvalue weighted by molar-refractivity contribution is 6.41. The van der Waals surface area contributed by atoms with Crippen LogP contribution in [0, 0.1) is 0 Å². The van der Waals surface area contributed by atoms with Crippen LogP contribution in [0.25, 0.3) is 5.57 Å². The van der Waals surface area contributed by atoms with Gasteiger partial charge in [-0.25, -0.2) is 4.98 Å². The van der Waals surface area contributed by atoms with Gasteiger partial charge in [-0.1, -0.05) is 29.3 Å². The minimum absolute atomic E-state index is 0.383. The van der Waals surface area contributed by atoms with E-state index in [1.807, 2.05) is 6.07 Å². The maximum absolute atomic E-state index is 5.88. The summed E-state index contributed by atoms with van der Waals surface area (Å²) in [6.45, 7) is 2.03. The molecular formula is C11H12Cl2N2. The molecule has 4 heteroatoms. The number of hydrogen-bond donors (Lipinski definition) is 0. The highest BCUT2D eigenvalue weighted by atomic mass is 35.5. The summed E-state index contributed by atoms with van der Waals surface area (Å²) in [5.41, 5.74) is 2.20. The second-order valence-corrected chi connectivity index (χ2v) is 4.48. The number of halogens is 2. The van der Waals surface area contributed by atoms with Crippen molar-refractivity contribution in [1.29, 1.82) is 0 Å². The van der Waals surface area contributed by atoms with Gasteiger partial charge in [-0.3, -0.25) is 0 Å². The molecule has 0 unspecified atom stereocenters. The fourth-order valence-corrected chi connectivity index (χ4v) is 1.86. The molecule has 0 atom stereocenters. The van der Waals surface area contributed by atoms with Gasteiger partial charge in [-0.05, 0) is 31.2 Å². The van der Waals surface area contributed by atoms with E-state index in [-0.39, 0.29) is 0 Å². The fraction of sp³-hybridized carbons (Fsp3) is 0.364. The average molecular weight is 243 g/mol. The van der Waals surface area contributed by atoms with E-state index in [1.165, 1.54) is 5.57 Å². The molecule has 0 N–H and O–H groups in total. The second kappa shape index (κ2) is 4.52. The third kappa shape index (κ3) is 2.51. The molecule has 0 saturated heterocycles. The van der Waals surface area contributed by atoms with Gasteiger partial charge in [0.2, 0.25) is 0 Å². The van der Waals surface area contributed by atoms with Gasteiger partial charge in [0.05, 0.1) is 10.7 Å². The number of rotatable bonds is 1. The molecule has 1 aliphatic heterocycles. The molecule has 0 aromatic carbocycles. The highest BCUT2D eigenvalue weighted by Gasteiger charge is 2.11. The zero-order valence-electron chi connectivity index (χ0n) is 8.50. The normalized spacial score (nSPS) is 17.7. The van der Waals surface area contributed by atoms with Crippen molar-refractivity contribution >= 4 is 28.8 Å². The number of pyridine rings is 1. The summed E-state index contributed by atoms with van der Waals surface area (Å²) in [4.78, 5) is 6.53. The van der Waals surface area contributed by atoms with E-state index in [1.54, 1.807) is 6.07 Å². The van der Waals surface area contributed by atoms with E-state index < -0.39 is 0 Å². The molecular weight excluding hydrogens is 231 g/mol. The van der Waals surface area contributed by atoms with Crippen molar-refractivity contribution in [3.8, 4) is 0 Å². The topological polar surface area (TPSA) is 16.1 Å². The quantitative estimate of drug-likeness (QED) is 0.704. The highest BCUT2D eigenvalue weighted by Crippen LogP contribution is 2.25. The average Bonchev–Trinajstić information content (AvgIpc) is 2.23. The van der Waals surface area contributed by atoms with E-state index in [0.29, 0.717) is 10.2 Å². The standard InChI is InChI=1S/C11H12Cl2N2/c1-15-6-4-8(5-7-15)10-3-2-9(12)11(13)14-10/h2-4H,5-7H2,1H3. The summed E-state index contributed by atoms with van der Waals surface area (Å²) in [5, 5.41) is 0.892. The number of hydrogen-bond acceptors (Lipinski definition) is 2. The van der Waals surface area contributed by atoms with Gasteiger partial charge in [0.15, 0.2) is 0 Å². The molecule has 0 bridgehead atoms. The summed E-state index contributed by atoms with van der Waals surface area (Å²) < 4.78 is 0. The summed E-state index contributed by atoms with van der Waals surface area (Å²) in [6.07, 6.45) is 3.21. The van der Waals surface area contributed by atoms with Crippen molar-refractivity contribution in [3.63, 3.8) is 0 Å². The lowest BCUT2D eigenvalue weighted by Gasteiger charge is -2.21. The van der Waals surface area contributed by atoms with Gasteiger partial charge >= 0.3 is 0 Å². The molecule has 1 aromatic rings. The van der Waals surface area contributed by atoms with Gasteiger partial charge < -0.3 is 4.90 Å². The van der Waals surface area contributed by atoms with Crippen molar-refractivity contribution in [2.75, 3.05) is 20.1 Å². The van der Waals surface area contributed by atoms with Crippen LogP contribution in [0.1, 0.15) is 12.1 Å². The minimum Gasteiger partial charge on any atom is -0.302 e. The van der Waals surface area contributed by atoms with Gasteiger partial charge in [-0.15, -0.1) is 0 Å². The van der Waals surface area contributed by atoms with Gasteiger partial charge in [0, 0.05) is 13.1 Å². The summed E-state index contributed by atoms with van der Waals surface area (Å²) in [6, 6.07) is 3.72. The van der Waals surface area contributed by atoms with Crippen molar-refractivity contribution in [3.05, 3.63) is 34.1 Å². The summed E-state index contributed by atoms with van der Waals surface area (Å²) in [5.74, 6) is 0. The number of likely N-dealkylation sites (N-methyl/N-ethyl adjacent to an activating group) is 1. The molecule has 0 spiro atoms. The lowest BCUT2D eigenvalue weighted by Crippen LogP contribution is -2.23. The first kappa shape index (κ1) is 10.9. The van der Waals surface area contributed by atoms with E-state index in [2.05, 4.69) is 23.0 Å². The molecule has 1 aromatic heterocycles. The Morgan fingerprint density at radius 2 is 2.13 bits per heavy atom. The van der Waals surface area contributed by atoms with E-state index >= 15 is 0 Å². The van der Waals surface area contributed by atoms with Crippen molar-refractivity contribution in [2.24, 2.45) is 0 Å². The SMILES string of the molecule is CN1CC=C(c2ccc(Cl)c(Cl)n2)CC1. The Bertz CT molecular complexity index is 402. The van der Waals surface area contributed by atoms with Crippen molar-refractivity contribution in [1.82, 2.24) is 9.88 Å². The van der Waals surface area contributed by atoms with Crippen LogP contribution in [0.15, 0.2) is 18.2 Å². The molecule has 0 aliphatic carbocycles. The van der Waals surface area contributed by atoms with E-state index in [9.17, 15) is 0 Å². The Morgan fingerprint density at radius 3 is 2.73 bits per heavy atom. The Labute approximate surface area is 99.5 Å². The van der Waals surface area contributed by atoms with Crippen LogP contribution in [0.3, 0.4) is 0 Å². The first-order chi connectivity index (χ1) is 7.16. The second-order valence-electron chi connectivity index (χ2n) is 3.71. The zero-order valence-corrected chi connectivity index (χ0v) is 10.0. The van der Waals surface area contributed by atoms with Crippen LogP contribution < -0.4 is 0 Å². The number of aromatic nitrogens is 1. The molecule has 2 rings (SSSR count). The van der Waals surface area contributed by atoms with Gasteiger partial charge in [-0.2, -0.15) is 0 Å². The monoisotopic (exact) mass is 242 g/mol. The van der Waals surface area contributed by atoms with Crippen molar-refractivity contribution in [2.45, 2.75) is 6.42 Å². The molecule has 0 saturated carbocycles. The molecule has 2 nitrogen and oxygen atoms in total. The fourth-order valence-electron chi connectivity index (χ4n) is 1.60. The largest absolute Gasteiger partial charge is 0.302 e. The van der Waals surface area contributed by atoms with Crippen LogP contribution in [0.5, 0.6) is 0 Å². The smallest absolute Gasteiger partial charge is 0.148 e. The Morgan fingerprint density at radius 1 is 1.33 bits per heavy atom. The minimum atomic E-state index is 0.383. The molecule has 0 fully saturated rings. The maximum atomic E-state index is 5.88. The van der Waals surface area contributed by atoms with E-state index in [4.69, 9.17) is 23.2 Å². The Hall–Kier alpha value is -0.570. The van der Waals surface area contributed by atoms with Gasteiger partial charge in [0.25, 0.3) is 0 Å². The van der Waals surface area contributed by atoms with Crippen LogP contribution in [0.4, 0.5) is 0 Å². The van der Waals surface area contributed by atoms with Crippen LogP contribution >= 0.6 is 23.2 Å². The third-order valence-electron chi connectivity index (χ3n) is 2.54. The molecule has 0 amide bonds. The first-order valence-electron chi connectivity index (χ1n) is 4.87. The predicted octanol–water partition coefficient (Wildman–Crippen LogP) is 3.11. The maximum Gasteiger partial charge on any atom is 0.148 e. The third-order valence-corrected chi connectivity index (χ3v) is 3.23. The van der Waals surface area contributed by atoms with E-state index in [0.717, 1.165) is 25.2 Å². The first-order valence-corrected chi connectivity index (χ1v) is 5.62.